The maximum absolute atomic E-state index is 14.7. The fraction of sp³-hybridized carbons (Fsp3) is 0.619. The number of fused-ring (bicyclic) bond motifs is 1. The highest BCUT2D eigenvalue weighted by Crippen LogP contribution is 2.46. The van der Waals surface area contributed by atoms with Gasteiger partial charge in [0.05, 0.1) is 11.4 Å². The van der Waals surface area contributed by atoms with Crippen molar-refractivity contribution in [1.29, 1.82) is 0 Å². The van der Waals surface area contributed by atoms with Gasteiger partial charge in [-0.3, -0.25) is 14.6 Å². The molecule has 3 rings (SSSR count). The fourth-order valence-electron chi connectivity index (χ4n) is 4.12. The van der Waals surface area contributed by atoms with Crippen molar-refractivity contribution in [1.82, 2.24) is 4.90 Å². The first kappa shape index (κ1) is 21.5. The number of carbonyl (C=O) groups excluding carboxylic acids is 2. The van der Waals surface area contributed by atoms with E-state index in [1.807, 2.05) is 4.90 Å². The van der Waals surface area contributed by atoms with Crippen LogP contribution in [0.3, 0.4) is 0 Å². The van der Waals surface area contributed by atoms with Crippen molar-refractivity contribution in [2.75, 3.05) is 29.9 Å². The first-order valence-corrected chi connectivity index (χ1v) is 10.1. The van der Waals surface area contributed by atoms with Crippen LogP contribution in [-0.4, -0.2) is 48.2 Å². The lowest BCUT2D eigenvalue weighted by Crippen LogP contribution is -2.55. The average Bonchev–Trinajstić information content (AvgIpc) is 2.86. The summed E-state index contributed by atoms with van der Waals surface area (Å²) in [4.78, 5) is 29.2. The van der Waals surface area contributed by atoms with Crippen molar-refractivity contribution >= 4 is 23.4 Å². The van der Waals surface area contributed by atoms with Crippen LogP contribution in [0.4, 0.5) is 20.6 Å². The van der Waals surface area contributed by atoms with E-state index in [0.29, 0.717) is 30.0 Å². The van der Waals surface area contributed by atoms with Crippen LogP contribution in [0.5, 0.6) is 0 Å². The molecule has 1 aromatic rings. The molecule has 0 saturated carbocycles. The van der Waals surface area contributed by atoms with Crippen LogP contribution in [0, 0.1) is 5.82 Å². The van der Waals surface area contributed by atoms with Crippen molar-refractivity contribution in [3.8, 4) is 0 Å². The van der Waals surface area contributed by atoms with Gasteiger partial charge >= 0.3 is 6.09 Å². The topological polar surface area (TPSA) is 87.9 Å². The Kier molecular flexibility index (Phi) is 5.62. The van der Waals surface area contributed by atoms with Gasteiger partial charge < -0.3 is 15.8 Å². The molecule has 0 bridgehead atoms. The number of piperidine rings is 1. The maximum atomic E-state index is 14.7. The number of anilines is 2. The van der Waals surface area contributed by atoms with Crippen LogP contribution in [0.15, 0.2) is 12.1 Å². The Balaban J connectivity index is 2.06. The summed E-state index contributed by atoms with van der Waals surface area (Å²) in [6.45, 7) is 10.4. The van der Waals surface area contributed by atoms with E-state index in [1.54, 1.807) is 34.6 Å². The second-order valence-electron chi connectivity index (χ2n) is 8.95. The highest BCUT2D eigenvalue weighted by atomic mass is 19.1. The van der Waals surface area contributed by atoms with Crippen LogP contribution in [0.2, 0.25) is 0 Å². The second-order valence-corrected chi connectivity index (χ2v) is 8.95. The SMILES string of the molecule is CCN(C(=O)OC(C)(C)C)c1cc(F)cc2c1NC(=O)C2(C)N1CCC[C@H](N)C1. The van der Waals surface area contributed by atoms with Gasteiger partial charge in [-0.2, -0.15) is 0 Å². The quantitative estimate of drug-likeness (QED) is 0.805. The van der Waals surface area contributed by atoms with Crippen LogP contribution in [-0.2, 0) is 15.1 Å². The predicted octanol–water partition coefficient (Wildman–Crippen LogP) is 3.18. The Labute approximate surface area is 171 Å². The Morgan fingerprint density at radius 3 is 2.72 bits per heavy atom. The smallest absolute Gasteiger partial charge is 0.414 e. The van der Waals surface area contributed by atoms with Gasteiger partial charge in [0.25, 0.3) is 0 Å². The lowest BCUT2D eigenvalue weighted by molar-refractivity contribution is -0.127. The van der Waals surface area contributed by atoms with Crippen molar-refractivity contribution in [3.05, 3.63) is 23.5 Å². The van der Waals surface area contributed by atoms with Crippen LogP contribution in [0.25, 0.3) is 0 Å². The van der Waals surface area contributed by atoms with Gasteiger partial charge in [-0.05, 0) is 66.1 Å². The van der Waals surface area contributed by atoms with E-state index in [0.717, 1.165) is 12.8 Å². The number of benzene rings is 1. The molecule has 2 heterocycles. The van der Waals surface area contributed by atoms with Gasteiger partial charge in [0.2, 0.25) is 5.91 Å². The second kappa shape index (κ2) is 7.57. The van der Waals surface area contributed by atoms with Gasteiger partial charge in [-0.1, -0.05) is 0 Å². The summed E-state index contributed by atoms with van der Waals surface area (Å²) < 4.78 is 20.2. The molecule has 1 aromatic carbocycles. The molecule has 0 aliphatic carbocycles. The Hall–Kier alpha value is -2.19. The number of nitrogens with zero attached hydrogens (tertiary/aromatic N) is 2. The molecule has 8 heteroatoms. The number of likely N-dealkylation sites (tertiary alicyclic amines) is 1. The molecule has 2 atom stereocenters. The largest absolute Gasteiger partial charge is 0.443 e. The number of rotatable bonds is 3. The first-order chi connectivity index (χ1) is 13.5. The molecule has 1 saturated heterocycles. The summed E-state index contributed by atoms with van der Waals surface area (Å²) in [5, 5.41) is 2.89. The molecule has 2 aliphatic heterocycles. The minimum absolute atomic E-state index is 0.0284. The lowest BCUT2D eigenvalue weighted by Gasteiger charge is -2.41. The highest BCUT2D eigenvalue weighted by Gasteiger charge is 2.50. The summed E-state index contributed by atoms with van der Waals surface area (Å²) in [7, 11) is 0. The normalized spacial score (nSPS) is 24.8. The van der Waals surface area contributed by atoms with Gasteiger partial charge in [0.15, 0.2) is 0 Å². The molecule has 1 unspecified atom stereocenters. The third kappa shape index (κ3) is 3.96. The number of ether oxygens (including phenoxy) is 1. The third-order valence-electron chi connectivity index (χ3n) is 5.60. The number of nitrogens with two attached hydrogens (primary N) is 1. The van der Waals surface area contributed by atoms with Gasteiger partial charge in [-0.25, -0.2) is 9.18 Å². The highest BCUT2D eigenvalue weighted by molar-refractivity contribution is 6.10. The van der Waals surface area contributed by atoms with Gasteiger partial charge in [0.1, 0.15) is 17.0 Å². The van der Waals surface area contributed by atoms with Crippen molar-refractivity contribution in [3.63, 3.8) is 0 Å². The number of carbonyl (C=O) groups is 2. The lowest BCUT2D eigenvalue weighted by atomic mass is 9.88. The summed E-state index contributed by atoms with van der Waals surface area (Å²) in [6, 6.07) is 2.61. The zero-order chi connectivity index (χ0) is 21.6. The molecule has 2 aliphatic rings. The molecule has 29 heavy (non-hydrogen) atoms. The van der Waals surface area contributed by atoms with Crippen molar-refractivity contribution in [2.24, 2.45) is 5.73 Å². The van der Waals surface area contributed by atoms with E-state index >= 15 is 0 Å². The number of hydrogen-bond donors (Lipinski definition) is 2. The number of nitrogens with one attached hydrogen (secondary N) is 1. The molecule has 0 spiro atoms. The Bertz CT molecular complexity index is 823. The van der Waals surface area contributed by atoms with E-state index in [9.17, 15) is 14.0 Å². The van der Waals surface area contributed by atoms with Crippen molar-refractivity contribution < 1.29 is 18.7 Å². The van der Waals surface area contributed by atoms with Crippen LogP contribution >= 0.6 is 0 Å². The molecule has 1 fully saturated rings. The summed E-state index contributed by atoms with van der Waals surface area (Å²) in [5.41, 5.74) is 5.67. The van der Waals surface area contributed by atoms with E-state index in [-0.39, 0.29) is 18.5 Å². The first-order valence-electron chi connectivity index (χ1n) is 10.1. The van der Waals surface area contributed by atoms with E-state index in [1.165, 1.54) is 17.0 Å². The zero-order valence-electron chi connectivity index (χ0n) is 17.8. The van der Waals surface area contributed by atoms with Gasteiger partial charge in [-0.15, -0.1) is 0 Å². The van der Waals surface area contributed by atoms with Crippen molar-refractivity contribution in [2.45, 2.75) is 64.6 Å². The molecule has 2 amide bonds. The number of amides is 2. The standard InChI is InChI=1S/C21H31FN4O3/c1-6-26(19(28)29-20(2,3)4)16-11-13(22)10-15-17(16)24-18(27)21(15,5)25-9-7-8-14(23)12-25/h10-11,14H,6-9,12,23H2,1-5H3,(H,24,27)/t14-,21?/m0/s1. The molecular formula is C21H31FN4O3. The van der Waals surface area contributed by atoms with Crippen LogP contribution in [0.1, 0.15) is 53.0 Å². The Morgan fingerprint density at radius 1 is 1.45 bits per heavy atom. The van der Waals surface area contributed by atoms with E-state index in [2.05, 4.69) is 5.32 Å². The molecule has 7 nitrogen and oxygen atoms in total. The molecule has 0 radical (unpaired) electrons. The minimum Gasteiger partial charge on any atom is -0.443 e. The number of hydrogen-bond acceptors (Lipinski definition) is 5. The van der Waals surface area contributed by atoms with Crippen LogP contribution < -0.4 is 16.0 Å². The molecule has 0 aromatic heterocycles. The third-order valence-corrected chi connectivity index (χ3v) is 5.60. The fourth-order valence-corrected chi connectivity index (χ4v) is 4.12. The maximum Gasteiger partial charge on any atom is 0.414 e. The average molecular weight is 407 g/mol. The molecule has 3 N–H and O–H groups in total. The van der Waals surface area contributed by atoms with E-state index < -0.39 is 23.1 Å². The predicted molar refractivity (Wildman–Crippen MR) is 110 cm³/mol. The molecule has 160 valence electrons. The summed E-state index contributed by atoms with van der Waals surface area (Å²) in [6.07, 6.45) is 1.19. The van der Waals surface area contributed by atoms with E-state index in [4.69, 9.17) is 10.5 Å². The van der Waals surface area contributed by atoms with Gasteiger partial charge in [0, 0.05) is 24.7 Å². The summed E-state index contributed by atoms with van der Waals surface area (Å²) >= 11 is 0. The molecular weight excluding hydrogens is 375 g/mol. The number of halogens is 1. The summed E-state index contributed by atoms with van der Waals surface area (Å²) in [5.74, 6) is -0.751. The minimum atomic E-state index is -1.04. The Morgan fingerprint density at radius 2 is 2.14 bits per heavy atom. The monoisotopic (exact) mass is 406 g/mol. The zero-order valence-corrected chi connectivity index (χ0v) is 17.8.